The highest BCUT2D eigenvalue weighted by atomic mass is 35.5. The second-order valence-electron chi connectivity index (χ2n) is 5.04. The average Bonchev–Trinajstić information content (AvgIpc) is 2.57. The molecule has 0 radical (unpaired) electrons. The van der Waals surface area contributed by atoms with E-state index in [1.54, 1.807) is 25.2 Å². The lowest BCUT2D eigenvalue weighted by atomic mass is 10.1. The van der Waals surface area contributed by atoms with Gasteiger partial charge in [0.2, 0.25) is 10.0 Å². The van der Waals surface area contributed by atoms with E-state index in [0.717, 1.165) is 0 Å². The van der Waals surface area contributed by atoms with Gasteiger partial charge in [0, 0.05) is 29.6 Å². The third-order valence-corrected chi connectivity index (χ3v) is 4.99. The second kappa shape index (κ2) is 8.39. The summed E-state index contributed by atoms with van der Waals surface area (Å²) in [4.78, 5) is 15.9. The molecule has 1 aromatic carbocycles. The number of carbonyl (C=O) groups excluding carboxylic acids is 1. The first kappa shape index (κ1) is 20.3. The number of benzene rings is 1. The standard InChI is InChI=1S/C15H19N3O4S.ClH/c1-10(16-2)9-18-23(20,21)13-6-4-5-12-11(13)7-8-17-14(12)15(19)22-3;/h4-8,10,16,18H,9H2,1-3H3;1H. The third-order valence-electron chi connectivity index (χ3n) is 3.51. The number of pyridine rings is 1. The van der Waals surface area contributed by atoms with Crippen LogP contribution >= 0.6 is 12.4 Å². The number of fused-ring (bicyclic) bond motifs is 1. The van der Waals surface area contributed by atoms with Crippen LogP contribution in [0.25, 0.3) is 10.8 Å². The lowest BCUT2D eigenvalue weighted by molar-refractivity contribution is 0.0596. The quantitative estimate of drug-likeness (QED) is 0.741. The molecule has 0 aliphatic rings. The van der Waals surface area contributed by atoms with Crippen molar-refractivity contribution in [3.8, 4) is 0 Å². The summed E-state index contributed by atoms with van der Waals surface area (Å²) >= 11 is 0. The fourth-order valence-corrected chi connectivity index (χ4v) is 3.44. The topological polar surface area (TPSA) is 97.4 Å². The van der Waals surface area contributed by atoms with Crippen molar-refractivity contribution >= 4 is 39.2 Å². The number of sulfonamides is 1. The molecule has 0 saturated heterocycles. The largest absolute Gasteiger partial charge is 0.464 e. The Morgan fingerprint density at radius 2 is 2.00 bits per heavy atom. The molecule has 2 rings (SSSR count). The molecule has 0 aliphatic heterocycles. The van der Waals surface area contributed by atoms with Crippen molar-refractivity contribution in [3.05, 3.63) is 36.2 Å². The predicted molar refractivity (Wildman–Crippen MR) is 94.0 cm³/mol. The average molecular weight is 374 g/mol. The zero-order valence-electron chi connectivity index (χ0n) is 13.6. The first-order chi connectivity index (χ1) is 10.9. The van der Waals surface area contributed by atoms with E-state index in [0.29, 0.717) is 10.8 Å². The molecular weight excluding hydrogens is 354 g/mol. The Morgan fingerprint density at radius 3 is 2.62 bits per heavy atom. The maximum absolute atomic E-state index is 12.5. The van der Waals surface area contributed by atoms with E-state index in [-0.39, 0.29) is 35.6 Å². The fourth-order valence-electron chi connectivity index (χ4n) is 2.09. The number of nitrogens with one attached hydrogen (secondary N) is 2. The Kier molecular flexibility index (Phi) is 7.09. The van der Waals surface area contributed by atoms with E-state index in [4.69, 9.17) is 0 Å². The van der Waals surface area contributed by atoms with E-state index >= 15 is 0 Å². The minimum absolute atomic E-state index is 0. The predicted octanol–water partition coefficient (Wildman–Crippen LogP) is 1.33. The molecule has 9 heteroatoms. The van der Waals surface area contributed by atoms with Crippen molar-refractivity contribution in [2.75, 3.05) is 20.7 Å². The molecule has 0 aliphatic carbocycles. The molecule has 0 saturated carbocycles. The summed E-state index contributed by atoms with van der Waals surface area (Å²) in [5.41, 5.74) is 0.0886. The van der Waals surface area contributed by atoms with Gasteiger partial charge in [0.15, 0.2) is 5.69 Å². The number of hydrogen-bond donors (Lipinski definition) is 2. The summed E-state index contributed by atoms with van der Waals surface area (Å²) in [6, 6.07) is 6.27. The van der Waals surface area contributed by atoms with Gasteiger partial charge in [0.1, 0.15) is 0 Å². The van der Waals surface area contributed by atoms with E-state index < -0.39 is 16.0 Å². The number of halogens is 1. The fraction of sp³-hybridized carbons (Fsp3) is 0.333. The van der Waals surface area contributed by atoms with Gasteiger partial charge >= 0.3 is 5.97 Å². The number of carbonyl (C=O) groups is 1. The maximum Gasteiger partial charge on any atom is 0.357 e. The Morgan fingerprint density at radius 1 is 1.29 bits per heavy atom. The van der Waals surface area contributed by atoms with E-state index in [1.165, 1.54) is 19.4 Å². The van der Waals surface area contributed by atoms with Gasteiger partial charge < -0.3 is 10.1 Å². The molecular formula is C15H20ClN3O4S. The van der Waals surface area contributed by atoms with Crippen LogP contribution in [0, 0.1) is 0 Å². The van der Waals surface area contributed by atoms with Crippen molar-refractivity contribution in [1.29, 1.82) is 0 Å². The van der Waals surface area contributed by atoms with Crippen molar-refractivity contribution < 1.29 is 17.9 Å². The number of methoxy groups -OCH3 is 1. The van der Waals surface area contributed by atoms with Crippen LogP contribution in [-0.2, 0) is 14.8 Å². The summed E-state index contributed by atoms with van der Waals surface area (Å²) in [5.74, 6) is -0.609. The van der Waals surface area contributed by atoms with Gasteiger partial charge in [-0.25, -0.2) is 22.9 Å². The monoisotopic (exact) mass is 373 g/mol. The summed E-state index contributed by atoms with van der Waals surface area (Å²) in [5, 5.41) is 3.82. The molecule has 132 valence electrons. The SMILES string of the molecule is CNC(C)CNS(=O)(=O)c1cccc2c(C(=O)OC)nccc12.Cl. The summed E-state index contributed by atoms with van der Waals surface area (Å²) in [6.07, 6.45) is 1.39. The van der Waals surface area contributed by atoms with Crippen LogP contribution in [0.15, 0.2) is 35.4 Å². The lowest BCUT2D eigenvalue weighted by Gasteiger charge is -2.13. The van der Waals surface area contributed by atoms with Gasteiger partial charge in [-0.05, 0) is 26.1 Å². The van der Waals surface area contributed by atoms with Gasteiger partial charge in [-0.2, -0.15) is 0 Å². The van der Waals surface area contributed by atoms with E-state index in [2.05, 4.69) is 19.8 Å². The molecule has 0 spiro atoms. The number of esters is 1. The van der Waals surface area contributed by atoms with Crippen LogP contribution < -0.4 is 10.0 Å². The van der Waals surface area contributed by atoms with Crippen molar-refractivity contribution in [3.63, 3.8) is 0 Å². The van der Waals surface area contributed by atoms with Gasteiger partial charge in [0.25, 0.3) is 0 Å². The molecule has 1 heterocycles. The number of ether oxygens (including phenoxy) is 1. The van der Waals surface area contributed by atoms with Gasteiger partial charge in [0.05, 0.1) is 12.0 Å². The molecule has 2 aromatic rings. The zero-order valence-corrected chi connectivity index (χ0v) is 15.2. The van der Waals surface area contributed by atoms with Crippen LogP contribution in [0.3, 0.4) is 0 Å². The molecule has 7 nitrogen and oxygen atoms in total. The van der Waals surface area contributed by atoms with E-state index in [9.17, 15) is 13.2 Å². The summed E-state index contributed by atoms with van der Waals surface area (Å²) in [7, 11) is -0.702. The van der Waals surface area contributed by atoms with Gasteiger partial charge in [-0.3, -0.25) is 0 Å². The highest BCUT2D eigenvalue weighted by Gasteiger charge is 2.20. The summed E-state index contributed by atoms with van der Waals surface area (Å²) in [6.45, 7) is 2.12. The number of rotatable bonds is 6. The van der Waals surface area contributed by atoms with Crippen LogP contribution in [-0.4, -0.2) is 46.1 Å². The molecule has 0 amide bonds. The van der Waals surface area contributed by atoms with Crippen molar-refractivity contribution in [2.24, 2.45) is 0 Å². The summed E-state index contributed by atoms with van der Waals surface area (Å²) < 4.78 is 32.3. The Hall–Kier alpha value is -1.74. The van der Waals surface area contributed by atoms with Crippen LogP contribution in [0.1, 0.15) is 17.4 Å². The minimum Gasteiger partial charge on any atom is -0.464 e. The molecule has 2 N–H and O–H groups in total. The Labute approximate surface area is 147 Å². The van der Waals surface area contributed by atoms with Crippen LogP contribution in [0.5, 0.6) is 0 Å². The van der Waals surface area contributed by atoms with Gasteiger partial charge in [-0.15, -0.1) is 12.4 Å². The zero-order chi connectivity index (χ0) is 17.0. The second-order valence-corrected chi connectivity index (χ2v) is 6.78. The van der Waals surface area contributed by atoms with E-state index in [1.807, 2.05) is 6.92 Å². The molecule has 1 unspecified atom stereocenters. The molecule has 0 bridgehead atoms. The molecule has 0 fully saturated rings. The first-order valence-corrected chi connectivity index (χ1v) is 8.52. The third kappa shape index (κ3) is 4.21. The highest BCUT2D eigenvalue weighted by molar-refractivity contribution is 7.89. The Bertz CT molecular complexity index is 827. The first-order valence-electron chi connectivity index (χ1n) is 7.03. The lowest BCUT2D eigenvalue weighted by Crippen LogP contribution is -2.37. The van der Waals surface area contributed by atoms with Crippen molar-refractivity contribution in [2.45, 2.75) is 17.9 Å². The van der Waals surface area contributed by atoms with Gasteiger partial charge in [-0.1, -0.05) is 12.1 Å². The number of likely N-dealkylation sites (N-methyl/N-ethyl adjacent to an activating group) is 1. The van der Waals surface area contributed by atoms with Crippen molar-refractivity contribution in [1.82, 2.24) is 15.0 Å². The Balaban J connectivity index is 0.00000288. The molecule has 24 heavy (non-hydrogen) atoms. The van der Waals surface area contributed by atoms with Crippen LogP contribution in [0.2, 0.25) is 0 Å². The number of aromatic nitrogens is 1. The maximum atomic E-state index is 12.5. The normalized spacial score (nSPS) is 12.5. The highest BCUT2D eigenvalue weighted by Crippen LogP contribution is 2.24. The molecule has 1 aromatic heterocycles. The number of hydrogen-bond acceptors (Lipinski definition) is 6. The smallest absolute Gasteiger partial charge is 0.357 e. The minimum atomic E-state index is -3.71. The number of nitrogens with zero attached hydrogens (tertiary/aromatic N) is 1. The van der Waals surface area contributed by atoms with Crippen LogP contribution in [0.4, 0.5) is 0 Å². The molecule has 1 atom stereocenters.